The molecule has 84 valence electrons. The average Bonchev–Trinajstić information content (AvgIpc) is 2.66. The van der Waals surface area contributed by atoms with Gasteiger partial charge in [-0.25, -0.2) is 0 Å². The largest absolute Gasteiger partial charge is 0.379 e. The van der Waals surface area contributed by atoms with Crippen molar-refractivity contribution in [1.29, 1.82) is 0 Å². The highest BCUT2D eigenvalue weighted by atomic mass is 15.4. The van der Waals surface area contributed by atoms with Crippen LogP contribution in [0.25, 0.3) is 0 Å². The maximum absolute atomic E-state index is 4.03. The molecule has 0 aliphatic rings. The van der Waals surface area contributed by atoms with Crippen molar-refractivity contribution in [3.8, 4) is 0 Å². The summed E-state index contributed by atoms with van der Waals surface area (Å²) >= 11 is 0. The van der Waals surface area contributed by atoms with Gasteiger partial charge in [-0.15, -0.1) is 5.10 Å². The zero-order valence-corrected chi connectivity index (χ0v) is 9.86. The van der Waals surface area contributed by atoms with Crippen LogP contribution >= 0.6 is 0 Å². The topological polar surface area (TPSA) is 42.7 Å². The Balaban J connectivity index is 2.07. The van der Waals surface area contributed by atoms with Gasteiger partial charge in [0.25, 0.3) is 0 Å². The number of anilines is 1. The summed E-state index contributed by atoms with van der Waals surface area (Å²) in [5, 5.41) is 11.3. The molecule has 0 aliphatic heterocycles. The Morgan fingerprint density at radius 3 is 2.81 bits per heavy atom. The second kappa shape index (κ2) is 4.35. The summed E-state index contributed by atoms with van der Waals surface area (Å²) in [6, 6.07) is 6.38. The van der Waals surface area contributed by atoms with Crippen LogP contribution in [0.2, 0.25) is 0 Å². The van der Waals surface area contributed by atoms with E-state index in [1.54, 1.807) is 4.68 Å². The molecule has 1 N–H and O–H groups in total. The molecule has 0 spiro atoms. The van der Waals surface area contributed by atoms with E-state index in [0.29, 0.717) is 6.54 Å². The minimum absolute atomic E-state index is 0.706. The Morgan fingerprint density at radius 2 is 2.12 bits per heavy atom. The van der Waals surface area contributed by atoms with E-state index in [9.17, 15) is 0 Å². The van der Waals surface area contributed by atoms with Crippen molar-refractivity contribution in [3.63, 3.8) is 0 Å². The van der Waals surface area contributed by atoms with Crippen LogP contribution in [-0.4, -0.2) is 15.0 Å². The van der Waals surface area contributed by atoms with Crippen LogP contribution < -0.4 is 5.32 Å². The molecule has 0 amide bonds. The molecule has 2 aromatic rings. The number of hydrogen-bond donors (Lipinski definition) is 1. The average molecular weight is 216 g/mol. The number of hydrogen-bond acceptors (Lipinski definition) is 3. The van der Waals surface area contributed by atoms with E-state index in [1.807, 2.05) is 13.2 Å². The van der Waals surface area contributed by atoms with E-state index in [4.69, 9.17) is 0 Å². The summed E-state index contributed by atoms with van der Waals surface area (Å²) in [5.74, 6) is 0. The standard InChI is InChI=1S/C12H16N4/c1-9-4-5-10(2)12(6-9)13-7-11-8-16(3)15-14-11/h4-6,8,13H,7H2,1-3H3. The van der Waals surface area contributed by atoms with Gasteiger partial charge in [-0.2, -0.15) is 0 Å². The van der Waals surface area contributed by atoms with Crippen molar-refractivity contribution < 1.29 is 0 Å². The Bertz CT molecular complexity index is 488. The van der Waals surface area contributed by atoms with Gasteiger partial charge < -0.3 is 5.32 Å². The molecule has 1 aromatic carbocycles. The van der Waals surface area contributed by atoms with Crippen LogP contribution in [0.5, 0.6) is 0 Å². The highest BCUT2D eigenvalue weighted by molar-refractivity contribution is 5.52. The normalized spacial score (nSPS) is 10.4. The van der Waals surface area contributed by atoms with Crippen LogP contribution in [0.15, 0.2) is 24.4 Å². The second-order valence-corrected chi connectivity index (χ2v) is 4.06. The first-order valence-electron chi connectivity index (χ1n) is 5.31. The molecule has 0 unspecified atom stereocenters. The zero-order chi connectivity index (χ0) is 11.5. The second-order valence-electron chi connectivity index (χ2n) is 4.06. The van der Waals surface area contributed by atoms with Crippen LogP contribution in [0, 0.1) is 13.8 Å². The molecule has 0 bridgehead atoms. The monoisotopic (exact) mass is 216 g/mol. The first-order chi connectivity index (χ1) is 7.65. The number of aromatic nitrogens is 3. The number of benzene rings is 1. The highest BCUT2D eigenvalue weighted by Gasteiger charge is 2.01. The molecule has 4 heteroatoms. The van der Waals surface area contributed by atoms with Crippen LogP contribution in [0.1, 0.15) is 16.8 Å². The predicted molar refractivity (Wildman–Crippen MR) is 64.2 cm³/mol. The third-order valence-corrected chi connectivity index (χ3v) is 2.50. The minimum atomic E-state index is 0.706. The van der Waals surface area contributed by atoms with E-state index < -0.39 is 0 Å². The highest BCUT2D eigenvalue weighted by Crippen LogP contribution is 2.16. The van der Waals surface area contributed by atoms with Crippen molar-refractivity contribution in [2.75, 3.05) is 5.32 Å². The predicted octanol–water partition coefficient (Wildman–Crippen LogP) is 2.04. The lowest BCUT2D eigenvalue weighted by Crippen LogP contribution is -2.01. The Kier molecular flexibility index (Phi) is 2.90. The molecule has 0 saturated carbocycles. The molecule has 1 aromatic heterocycles. The zero-order valence-electron chi connectivity index (χ0n) is 9.86. The Morgan fingerprint density at radius 1 is 1.31 bits per heavy atom. The van der Waals surface area contributed by atoms with Crippen LogP contribution in [0.3, 0.4) is 0 Å². The molecule has 2 rings (SSSR count). The van der Waals surface area contributed by atoms with E-state index in [-0.39, 0.29) is 0 Å². The molecule has 0 atom stereocenters. The molecule has 1 heterocycles. The van der Waals surface area contributed by atoms with E-state index >= 15 is 0 Å². The lowest BCUT2D eigenvalue weighted by molar-refractivity contribution is 0.713. The van der Waals surface area contributed by atoms with Gasteiger partial charge in [0, 0.05) is 18.9 Å². The van der Waals surface area contributed by atoms with Gasteiger partial charge in [-0.3, -0.25) is 4.68 Å². The lowest BCUT2D eigenvalue weighted by Gasteiger charge is -2.08. The number of aryl methyl sites for hydroxylation is 3. The Labute approximate surface area is 95.3 Å². The first-order valence-corrected chi connectivity index (χ1v) is 5.31. The number of nitrogens with zero attached hydrogens (tertiary/aromatic N) is 3. The van der Waals surface area contributed by atoms with Crippen molar-refractivity contribution in [2.45, 2.75) is 20.4 Å². The third-order valence-electron chi connectivity index (χ3n) is 2.50. The third kappa shape index (κ3) is 2.39. The molecular weight excluding hydrogens is 200 g/mol. The van der Waals surface area contributed by atoms with Gasteiger partial charge in [0.15, 0.2) is 0 Å². The quantitative estimate of drug-likeness (QED) is 0.853. The van der Waals surface area contributed by atoms with Crippen molar-refractivity contribution in [2.24, 2.45) is 7.05 Å². The first kappa shape index (κ1) is 10.7. The summed E-state index contributed by atoms with van der Waals surface area (Å²) in [4.78, 5) is 0. The number of nitrogens with one attached hydrogen (secondary N) is 1. The summed E-state index contributed by atoms with van der Waals surface area (Å²) in [6.07, 6.45) is 1.91. The maximum atomic E-state index is 4.03. The van der Waals surface area contributed by atoms with Gasteiger partial charge in [0.1, 0.15) is 5.69 Å². The molecular formula is C12H16N4. The van der Waals surface area contributed by atoms with Gasteiger partial charge in [-0.1, -0.05) is 17.3 Å². The van der Waals surface area contributed by atoms with Gasteiger partial charge >= 0.3 is 0 Å². The lowest BCUT2D eigenvalue weighted by atomic mass is 10.1. The molecule has 4 nitrogen and oxygen atoms in total. The van der Waals surface area contributed by atoms with E-state index in [1.165, 1.54) is 11.1 Å². The summed E-state index contributed by atoms with van der Waals surface area (Å²) in [5.41, 5.74) is 4.61. The van der Waals surface area contributed by atoms with Gasteiger partial charge in [0.2, 0.25) is 0 Å². The van der Waals surface area contributed by atoms with Crippen molar-refractivity contribution >= 4 is 5.69 Å². The SMILES string of the molecule is Cc1ccc(C)c(NCc2cn(C)nn2)c1. The molecule has 16 heavy (non-hydrogen) atoms. The van der Waals surface area contributed by atoms with Gasteiger partial charge in [-0.05, 0) is 31.0 Å². The fraction of sp³-hybridized carbons (Fsp3) is 0.333. The maximum Gasteiger partial charge on any atom is 0.102 e. The molecule has 0 radical (unpaired) electrons. The Hall–Kier alpha value is -1.84. The smallest absolute Gasteiger partial charge is 0.102 e. The van der Waals surface area contributed by atoms with Crippen LogP contribution in [-0.2, 0) is 13.6 Å². The van der Waals surface area contributed by atoms with Crippen LogP contribution in [0.4, 0.5) is 5.69 Å². The summed E-state index contributed by atoms with van der Waals surface area (Å²) < 4.78 is 1.71. The minimum Gasteiger partial charge on any atom is -0.379 e. The van der Waals surface area contributed by atoms with Gasteiger partial charge in [0.05, 0.1) is 6.54 Å². The summed E-state index contributed by atoms with van der Waals surface area (Å²) in [7, 11) is 1.87. The molecule has 0 aliphatic carbocycles. The summed E-state index contributed by atoms with van der Waals surface area (Å²) in [6.45, 7) is 4.89. The number of rotatable bonds is 3. The van der Waals surface area contributed by atoms with E-state index in [2.05, 4.69) is 47.7 Å². The van der Waals surface area contributed by atoms with E-state index in [0.717, 1.165) is 11.4 Å². The fourth-order valence-corrected chi connectivity index (χ4v) is 1.59. The fourth-order valence-electron chi connectivity index (χ4n) is 1.59. The van der Waals surface area contributed by atoms with Crippen molar-refractivity contribution in [3.05, 3.63) is 41.2 Å². The van der Waals surface area contributed by atoms with Crippen molar-refractivity contribution in [1.82, 2.24) is 15.0 Å². The molecule has 0 fully saturated rings. The molecule has 0 saturated heterocycles.